The predicted molar refractivity (Wildman–Crippen MR) is 115 cm³/mol. The lowest BCUT2D eigenvalue weighted by atomic mass is 10.1. The minimum Gasteiger partial charge on any atom is -0.306 e. The molecule has 0 saturated carbocycles. The van der Waals surface area contributed by atoms with E-state index in [9.17, 15) is 0 Å². The highest BCUT2D eigenvalue weighted by Crippen LogP contribution is 2.17. The van der Waals surface area contributed by atoms with Gasteiger partial charge in [-0.1, -0.05) is 87.3 Å². The van der Waals surface area contributed by atoms with E-state index in [1.54, 1.807) is 5.57 Å². The van der Waals surface area contributed by atoms with Crippen molar-refractivity contribution in [3.8, 4) is 0 Å². The van der Waals surface area contributed by atoms with E-state index >= 15 is 0 Å². The van der Waals surface area contributed by atoms with Crippen LogP contribution in [-0.2, 0) is 0 Å². The van der Waals surface area contributed by atoms with Crippen molar-refractivity contribution in [3.63, 3.8) is 0 Å². The van der Waals surface area contributed by atoms with Gasteiger partial charge in [-0.3, -0.25) is 4.90 Å². The fraction of sp³-hybridized carbons (Fsp3) is 0.909. The number of hydrogen-bond acceptors (Lipinski definition) is 2. The van der Waals surface area contributed by atoms with Gasteiger partial charge in [-0.15, -0.1) is 0 Å². The molecule has 1 saturated heterocycles. The second-order valence-corrected chi connectivity index (χ2v) is 6.09. The fourth-order valence-electron chi connectivity index (χ4n) is 2.65. The van der Waals surface area contributed by atoms with Crippen molar-refractivity contribution in [2.24, 2.45) is 11.8 Å². The third kappa shape index (κ3) is 14.0. The van der Waals surface area contributed by atoms with Crippen LogP contribution in [0, 0.1) is 11.8 Å². The highest BCUT2D eigenvalue weighted by atomic mass is 15.1. The topological polar surface area (TPSA) is 6.48 Å². The number of nitrogens with zero attached hydrogens (tertiary/aromatic N) is 2. The maximum atomic E-state index is 2.45. The largest absolute Gasteiger partial charge is 0.306 e. The molecule has 0 N–H and O–H groups in total. The van der Waals surface area contributed by atoms with Crippen molar-refractivity contribution in [2.45, 2.75) is 82.1 Å². The van der Waals surface area contributed by atoms with Crippen LogP contribution in [0.1, 0.15) is 82.1 Å². The zero-order valence-electron chi connectivity index (χ0n) is 19.1. The molecular weight excluding hydrogens is 292 g/mol. The van der Waals surface area contributed by atoms with Crippen molar-refractivity contribution in [2.75, 3.05) is 39.8 Å². The van der Waals surface area contributed by atoms with Crippen molar-refractivity contribution in [1.82, 2.24) is 9.80 Å². The smallest absolute Gasteiger partial charge is 0.0199 e. The Morgan fingerprint density at radius 1 is 1.04 bits per heavy atom. The molecule has 148 valence electrons. The van der Waals surface area contributed by atoms with E-state index in [4.69, 9.17) is 0 Å². The second-order valence-electron chi connectivity index (χ2n) is 6.09. The van der Waals surface area contributed by atoms with Gasteiger partial charge < -0.3 is 4.90 Å². The van der Waals surface area contributed by atoms with E-state index in [0.29, 0.717) is 0 Å². The predicted octanol–water partition coefficient (Wildman–Crippen LogP) is 6.33. The lowest BCUT2D eigenvalue weighted by Crippen LogP contribution is -2.20. The Labute approximate surface area is 155 Å². The maximum Gasteiger partial charge on any atom is 0.0199 e. The zero-order chi connectivity index (χ0) is 19.5. The average molecular weight is 343 g/mol. The first-order chi connectivity index (χ1) is 11.6. The molecule has 0 aromatic rings. The molecule has 1 fully saturated rings. The van der Waals surface area contributed by atoms with Crippen LogP contribution >= 0.6 is 0 Å². The Balaban J connectivity index is -0.000000284. The highest BCUT2D eigenvalue weighted by molar-refractivity contribution is 5.13. The van der Waals surface area contributed by atoms with Crippen molar-refractivity contribution < 1.29 is 0 Å². The Kier molecular flexibility index (Phi) is 24.6. The van der Waals surface area contributed by atoms with Gasteiger partial charge in [0.05, 0.1) is 0 Å². The minimum absolute atomic E-state index is 0.747. The van der Waals surface area contributed by atoms with Crippen molar-refractivity contribution >= 4 is 0 Å². The lowest BCUT2D eigenvalue weighted by molar-refractivity contribution is 0.362. The van der Waals surface area contributed by atoms with Gasteiger partial charge in [0, 0.05) is 19.6 Å². The summed E-state index contributed by atoms with van der Waals surface area (Å²) < 4.78 is 0. The van der Waals surface area contributed by atoms with E-state index in [1.807, 2.05) is 41.5 Å². The Morgan fingerprint density at radius 3 is 1.79 bits per heavy atom. The molecule has 0 aromatic heterocycles. The van der Waals surface area contributed by atoms with E-state index in [0.717, 1.165) is 11.8 Å². The molecule has 2 heterocycles. The standard InChI is InChI=1S/C9H17N.C7H15N.3C2H6/c1-4-10-6-5-9(7-10)8(2)3;1-3-7-4-5-8(2)6-7;3*1-2/h5,8H,4,6-7H2,1-3H3;7H,3-6H2,1-2H3;3*1-2H3. The summed E-state index contributed by atoms with van der Waals surface area (Å²) in [5.74, 6) is 1.75. The Bertz CT molecular complexity index is 259. The van der Waals surface area contributed by atoms with Crippen LogP contribution < -0.4 is 0 Å². The van der Waals surface area contributed by atoms with Crippen LogP contribution in [0.5, 0.6) is 0 Å². The van der Waals surface area contributed by atoms with E-state index < -0.39 is 0 Å². The fourth-order valence-corrected chi connectivity index (χ4v) is 2.65. The zero-order valence-corrected chi connectivity index (χ0v) is 19.1. The van der Waals surface area contributed by atoms with Gasteiger partial charge >= 0.3 is 0 Å². The number of rotatable bonds is 3. The van der Waals surface area contributed by atoms with Gasteiger partial charge in [-0.25, -0.2) is 0 Å². The molecule has 2 heteroatoms. The summed E-state index contributed by atoms with van der Waals surface area (Å²) in [6.07, 6.45) is 5.16. The van der Waals surface area contributed by atoms with Gasteiger partial charge in [-0.2, -0.15) is 0 Å². The Morgan fingerprint density at radius 2 is 1.58 bits per heavy atom. The molecular formula is C22H50N2. The molecule has 0 amide bonds. The van der Waals surface area contributed by atoms with Crippen LogP contribution in [-0.4, -0.2) is 49.6 Å². The van der Waals surface area contributed by atoms with Crippen molar-refractivity contribution in [1.29, 1.82) is 0 Å². The van der Waals surface area contributed by atoms with E-state index in [1.165, 1.54) is 45.6 Å². The summed E-state index contributed by atoms with van der Waals surface area (Å²) in [6, 6.07) is 0. The number of likely N-dealkylation sites (N-methyl/N-ethyl adjacent to an activating group) is 1. The molecule has 2 aliphatic rings. The van der Waals surface area contributed by atoms with E-state index in [2.05, 4.69) is 50.6 Å². The minimum atomic E-state index is 0.747. The van der Waals surface area contributed by atoms with Gasteiger partial charge in [-0.05, 0) is 38.4 Å². The molecule has 1 atom stereocenters. The normalized spacial score (nSPS) is 19.7. The van der Waals surface area contributed by atoms with Crippen LogP contribution in [0.15, 0.2) is 11.6 Å². The average Bonchev–Trinajstić information content (AvgIpc) is 3.29. The molecule has 1 unspecified atom stereocenters. The van der Waals surface area contributed by atoms with Crippen LogP contribution in [0.4, 0.5) is 0 Å². The summed E-state index contributed by atoms with van der Waals surface area (Å²) >= 11 is 0. The second kappa shape index (κ2) is 20.7. The quantitative estimate of drug-likeness (QED) is 0.553. The number of likely N-dealkylation sites (tertiary alicyclic amines) is 1. The van der Waals surface area contributed by atoms with Crippen LogP contribution in [0.2, 0.25) is 0 Å². The molecule has 2 rings (SSSR count). The SMILES string of the molecule is CC.CC.CC.CCC1CCN(C)C1.CCN1CC=C(C(C)C)C1. The lowest BCUT2D eigenvalue weighted by Gasteiger charge is -2.13. The van der Waals surface area contributed by atoms with Crippen molar-refractivity contribution in [3.05, 3.63) is 11.6 Å². The first-order valence-corrected chi connectivity index (χ1v) is 10.7. The first kappa shape index (κ1) is 28.5. The molecule has 24 heavy (non-hydrogen) atoms. The molecule has 0 bridgehead atoms. The summed E-state index contributed by atoms with van der Waals surface area (Å²) in [4.78, 5) is 4.86. The summed E-state index contributed by atoms with van der Waals surface area (Å²) in [6.45, 7) is 27.2. The molecule has 0 radical (unpaired) electrons. The van der Waals surface area contributed by atoms with E-state index in [-0.39, 0.29) is 0 Å². The molecule has 2 aliphatic heterocycles. The molecule has 2 nitrogen and oxygen atoms in total. The molecule has 0 spiro atoms. The monoisotopic (exact) mass is 342 g/mol. The first-order valence-electron chi connectivity index (χ1n) is 10.7. The molecule has 0 aliphatic carbocycles. The highest BCUT2D eigenvalue weighted by Gasteiger charge is 2.16. The van der Waals surface area contributed by atoms with Gasteiger partial charge in [0.1, 0.15) is 0 Å². The summed E-state index contributed by atoms with van der Waals surface area (Å²) in [5.41, 5.74) is 1.61. The third-order valence-corrected chi connectivity index (χ3v) is 4.27. The summed E-state index contributed by atoms with van der Waals surface area (Å²) in [5, 5.41) is 0. The van der Waals surface area contributed by atoms with Gasteiger partial charge in [0.25, 0.3) is 0 Å². The van der Waals surface area contributed by atoms with Crippen LogP contribution in [0.3, 0.4) is 0 Å². The van der Waals surface area contributed by atoms with Crippen LogP contribution in [0.25, 0.3) is 0 Å². The molecule has 0 aromatic carbocycles. The van der Waals surface area contributed by atoms with Gasteiger partial charge in [0.15, 0.2) is 0 Å². The third-order valence-electron chi connectivity index (χ3n) is 4.27. The summed E-state index contributed by atoms with van der Waals surface area (Å²) in [7, 11) is 2.20. The van der Waals surface area contributed by atoms with Gasteiger partial charge in [0.2, 0.25) is 0 Å². The maximum absolute atomic E-state index is 2.45. The number of hydrogen-bond donors (Lipinski definition) is 0. The Hall–Kier alpha value is -0.340.